The Morgan fingerprint density at radius 2 is 2.14 bits per heavy atom. The molecule has 7 heteroatoms. The van der Waals surface area contributed by atoms with Crippen LogP contribution in [0.2, 0.25) is 0 Å². The molecule has 1 atom stereocenters. The average Bonchev–Trinajstić information content (AvgIpc) is 2.89. The smallest absolute Gasteiger partial charge is 0.411 e. The van der Waals surface area contributed by atoms with Crippen LogP contribution in [0.3, 0.4) is 0 Å². The number of carboxylic acids is 1. The summed E-state index contributed by atoms with van der Waals surface area (Å²) < 4.78 is 10.6. The zero-order valence-electron chi connectivity index (χ0n) is 13.1. The number of ether oxygens (including phenoxy) is 1. The molecule has 7 nitrogen and oxygen atoms in total. The van der Waals surface area contributed by atoms with Crippen LogP contribution in [0.5, 0.6) is 0 Å². The van der Waals surface area contributed by atoms with Gasteiger partial charge in [0.1, 0.15) is 17.4 Å². The molecule has 2 rings (SSSR count). The van der Waals surface area contributed by atoms with Gasteiger partial charge in [-0.05, 0) is 32.9 Å². The van der Waals surface area contributed by atoms with Crippen molar-refractivity contribution in [2.75, 3.05) is 19.6 Å². The first-order valence-corrected chi connectivity index (χ1v) is 7.23. The van der Waals surface area contributed by atoms with Crippen LogP contribution in [-0.4, -0.2) is 58.2 Å². The Balaban J connectivity index is 2.02. The standard InChI is InChI=1S/C15H22N2O5/c1-15(2,3)22-14(20)17-7-6-16(10-12(17)13(18)19)9-11-5-4-8-21-11/h4-5,8,12H,6-7,9-10H2,1-3H3,(H,18,19)/t12-/m0/s1. The lowest BCUT2D eigenvalue weighted by Crippen LogP contribution is -2.58. The highest BCUT2D eigenvalue weighted by atomic mass is 16.6. The second-order valence-corrected chi connectivity index (χ2v) is 6.34. The lowest BCUT2D eigenvalue weighted by Gasteiger charge is -2.39. The quantitative estimate of drug-likeness (QED) is 0.916. The first-order chi connectivity index (χ1) is 10.3. The fraction of sp³-hybridized carbons (Fsp3) is 0.600. The van der Waals surface area contributed by atoms with Crippen molar-refractivity contribution in [3.05, 3.63) is 24.2 Å². The SMILES string of the molecule is CC(C)(C)OC(=O)N1CCN(Cc2ccco2)C[C@H]1C(=O)O. The highest BCUT2D eigenvalue weighted by Gasteiger charge is 2.37. The number of aliphatic carboxylic acids is 1. The summed E-state index contributed by atoms with van der Waals surface area (Å²) in [5.41, 5.74) is -0.647. The predicted molar refractivity (Wildman–Crippen MR) is 78.3 cm³/mol. The van der Waals surface area contributed by atoms with Crippen LogP contribution in [-0.2, 0) is 16.1 Å². The van der Waals surface area contributed by atoms with E-state index in [4.69, 9.17) is 9.15 Å². The Morgan fingerprint density at radius 3 is 2.68 bits per heavy atom. The number of carbonyl (C=O) groups excluding carboxylic acids is 1. The summed E-state index contributed by atoms with van der Waals surface area (Å²) >= 11 is 0. The second-order valence-electron chi connectivity index (χ2n) is 6.34. The Morgan fingerprint density at radius 1 is 1.41 bits per heavy atom. The lowest BCUT2D eigenvalue weighted by molar-refractivity contribution is -0.145. The molecule has 0 aliphatic carbocycles. The van der Waals surface area contributed by atoms with Crippen LogP contribution in [0.15, 0.2) is 22.8 Å². The monoisotopic (exact) mass is 310 g/mol. The van der Waals surface area contributed by atoms with Crippen LogP contribution in [0.1, 0.15) is 26.5 Å². The zero-order chi connectivity index (χ0) is 16.3. The number of rotatable bonds is 3. The van der Waals surface area contributed by atoms with Crippen LogP contribution >= 0.6 is 0 Å². The number of nitrogens with zero attached hydrogens (tertiary/aromatic N) is 2. The van der Waals surface area contributed by atoms with Gasteiger partial charge in [-0.3, -0.25) is 9.80 Å². The molecule has 122 valence electrons. The maximum absolute atomic E-state index is 12.2. The molecule has 1 aromatic heterocycles. The highest BCUT2D eigenvalue weighted by molar-refractivity contribution is 5.80. The summed E-state index contributed by atoms with van der Waals surface area (Å²) in [7, 11) is 0. The van der Waals surface area contributed by atoms with Crippen LogP contribution in [0.4, 0.5) is 4.79 Å². The Hall–Kier alpha value is -2.02. The predicted octanol–water partition coefficient (Wildman–Crippen LogP) is 1.79. The third-order valence-electron chi connectivity index (χ3n) is 3.34. The molecule has 1 amide bonds. The fourth-order valence-corrected chi connectivity index (χ4v) is 2.36. The van der Waals surface area contributed by atoms with Crippen molar-refractivity contribution in [1.29, 1.82) is 0 Å². The van der Waals surface area contributed by atoms with Gasteiger partial charge in [-0.25, -0.2) is 9.59 Å². The van der Waals surface area contributed by atoms with E-state index in [1.54, 1.807) is 33.1 Å². The van der Waals surface area contributed by atoms with Gasteiger partial charge < -0.3 is 14.3 Å². The number of furan rings is 1. The summed E-state index contributed by atoms with van der Waals surface area (Å²) in [6.45, 7) is 6.93. The first-order valence-electron chi connectivity index (χ1n) is 7.23. The van der Waals surface area contributed by atoms with Crippen molar-refractivity contribution < 1.29 is 23.8 Å². The minimum Gasteiger partial charge on any atom is -0.480 e. The van der Waals surface area contributed by atoms with E-state index >= 15 is 0 Å². The van der Waals surface area contributed by atoms with Crippen molar-refractivity contribution in [1.82, 2.24) is 9.80 Å². The number of piperazine rings is 1. The molecule has 1 fully saturated rings. The third kappa shape index (κ3) is 4.24. The van der Waals surface area contributed by atoms with Crippen molar-refractivity contribution in [3.63, 3.8) is 0 Å². The maximum Gasteiger partial charge on any atom is 0.411 e. The van der Waals surface area contributed by atoms with E-state index in [1.807, 2.05) is 11.0 Å². The first kappa shape index (κ1) is 16.4. The number of carbonyl (C=O) groups is 2. The van der Waals surface area contributed by atoms with Crippen molar-refractivity contribution in [3.8, 4) is 0 Å². The van der Waals surface area contributed by atoms with Crippen molar-refractivity contribution >= 4 is 12.1 Å². The van der Waals surface area contributed by atoms with E-state index in [-0.39, 0.29) is 6.54 Å². The molecular weight excluding hydrogens is 288 g/mol. The minimum absolute atomic E-state index is 0.245. The average molecular weight is 310 g/mol. The topological polar surface area (TPSA) is 83.2 Å². The number of carboxylic acid groups (broad SMARTS) is 1. The van der Waals surface area contributed by atoms with Gasteiger partial charge in [-0.15, -0.1) is 0 Å². The maximum atomic E-state index is 12.2. The third-order valence-corrected chi connectivity index (χ3v) is 3.34. The van der Waals surface area contributed by atoms with Crippen LogP contribution in [0.25, 0.3) is 0 Å². The van der Waals surface area contributed by atoms with E-state index in [1.165, 1.54) is 4.90 Å². The molecule has 1 aliphatic heterocycles. The summed E-state index contributed by atoms with van der Waals surface area (Å²) in [4.78, 5) is 26.9. The van der Waals surface area contributed by atoms with Gasteiger partial charge in [0.2, 0.25) is 0 Å². The molecule has 0 saturated carbocycles. The number of amides is 1. The van der Waals surface area contributed by atoms with Gasteiger partial charge in [-0.1, -0.05) is 0 Å². The Bertz CT molecular complexity index is 521. The molecule has 22 heavy (non-hydrogen) atoms. The fourth-order valence-electron chi connectivity index (χ4n) is 2.36. The minimum atomic E-state index is -1.03. The van der Waals surface area contributed by atoms with Gasteiger partial charge in [0.05, 0.1) is 12.8 Å². The summed E-state index contributed by atoms with van der Waals surface area (Å²) in [5, 5.41) is 9.40. The van der Waals surface area contributed by atoms with Crippen LogP contribution < -0.4 is 0 Å². The molecule has 1 N–H and O–H groups in total. The molecule has 1 aromatic rings. The van der Waals surface area contributed by atoms with E-state index in [9.17, 15) is 14.7 Å². The van der Waals surface area contributed by atoms with Gasteiger partial charge in [0.15, 0.2) is 0 Å². The van der Waals surface area contributed by atoms with Gasteiger partial charge >= 0.3 is 12.1 Å². The second kappa shape index (κ2) is 6.39. The molecule has 0 unspecified atom stereocenters. The van der Waals surface area contributed by atoms with Gasteiger partial charge in [0, 0.05) is 19.6 Å². The van der Waals surface area contributed by atoms with E-state index in [2.05, 4.69) is 0 Å². The molecule has 1 aliphatic rings. The zero-order valence-corrected chi connectivity index (χ0v) is 13.1. The van der Waals surface area contributed by atoms with E-state index in [0.717, 1.165) is 5.76 Å². The van der Waals surface area contributed by atoms with Gasteiger partial charge in [-0.2, -0.15) is 0 Å². The Labute approximate surface area is 129 Å². The molecule has 0 aromatic carbocycles. The molecular formula is C15H22N2O5. The highest BCUT2D eigenvalue weighted by Crippen LogP contribution is 2.17. The van der Waals surface area contributed by atoms with Gasteiger partial charge in [0.25, 0.3) is 0 Å². The van der Waals surface area contributed by atoms with Crippen LogP contribution in [0, 0.1) is 0 Å². The largest absolute Gasteiger partial charge is 0.480 e. The number of hydrogen-bond acceptors (Lipinski definition) is 5. The molecule has 0 radical (unpaired) electrons. The number of hydrogen-bond donors (Lipinski definition) is 1. The van der Waals surface area contributed by atoms with E-state index < -0.39 is 23.7 Å². The molecule has 2 heterocycles. The normalized spacial score (nSPS) is 20.0. The summed E-state index contributed by atoms with van der Waals surface area (Å²) in [6, 6.07) is 2.72. The molecule has 0 spiro atoms. The lowest BCUT2D eigenvalue weighted by atomic mass is 10.1. The van der Waals surface area contributed by atoms with Crippen molar-refractivity contribution in [2.24, 2.45) is 0 Å². The van der Waals surface area contributed by atoms with Crippen molar-refractivity contribution in [2.45, 2.75) is 39.0 Å². The van der Waals surface area contributed by atoms with E-state index in [0.29, 0.717) is 19.6 Å². The summed E-state index contributed by atoms with van der Waals surface area (Å²) in [5.74, 6) is -0.259. The molecule has 0 bridgehead atoms. The molecule has 1 saturated heterocycles. The summed E-state index contributed by atoms with van der Waals surface area (Å²) in [6.07, 6.45) is 0.999. The Kier molecular flexibility index (Phi) is 4.75.